The summed E-state index contributed by atoms with van der Waals surface area (Å²) in [5.74, 6) is 1.82. The summed E-state index contributed by atoms with van der Waals surface area (Å²) in [6, 6.07) is 0. The molecule has 2 heterocycles. The van der Waals surface area contributed by atoms with Gasteiger partial charge in [-0.05, 0) is 31.8 Å². The molecule has 0 aromatic carbocycles. The van der Waals surface area contributed by atoms with Crippen LogP contribution < -0.4 is 10.6 Å². The number of imidazole rings is 1. The van der Waals surface area contributed by atoms with Crippen LogP contribution in [-0.2, 0) is 7.05 Å². The van der Waals surface area contributed by atoms with Crippen LogP contribution in [0.25, 0.3) is 0 Å². The summed E-state index contributed by atoms with van der Waals surface area (Å²) in [6.07, 6.45) is 6.33. The lowest BCUT2D eigenvalue weighted by atomic mass is 10.1. The van der Waals surface area contributed by atoms with Crippen LogP contribution in [0.3, 0.4) is 0 Å². The molecule has 0 amide bonds. The van der Waals surface area contributed by atoms with Crippen molar-refractivity contribution in [2.75, 3.05) is 25.0 Å². The Hall–Kier alpha value is -1.03. The summed E-state index contributed by atoms with van der Waals surface area (Å²) in [4.78, 5) is 4.22. The highest BCUT2D eigenvalue weighted by Crippen LogP contribution is 2.12. The molecule has 1 saturated heterocycles. The molecule has 2 rings (SSSR count). The molecule has 2 N–H and O–H groups in total. The molecule has 4 heteroatoms. The van der Waals surface area contributed by atoms with Crippen molar-refractivity contribution in [3.05, 3.63) is 12.4 Å². The number of aromatic nitrogens is 2. The predicted octanol–water partition coefficient (Wildman–Crippen LogP) is 0.832. The zero-order valence-electron chi connectivity index (χ0n) is 8.66. The van der Waals surface area contributed by atoms with E-state index in [1.165, 1.54) is 25.9 Å². The third-order valence-corrected chi connectivity index (χ3v) is 2.82. The number of hydrogen-bond acceptors (Lipinski definition) is 3. The predicted molar refractivity (Wildman–Crippen MR) is 57.3 cm³/mol. The van der Waals surface area contributed by atoms with Gasteiger partial charge in [-0.25, -0.2) is 4.98 Å². The van der Waals surface area contributed by atoms with Crippen molar-refractivity contribution in [2.24, 2.45) is 13.0 Å². The highest BCUT2D eigenvalue weighted by molar-refractivity contribution is 5.24. The van der Waals surface area contributed by atoms with Crippen LogP contribution in [0.2, 0.25) is 0 Å². The summed E-state index contributed by atoms with van der Waals surface area (Å²) in [6.45, 7) is 3.40. The summed E-state index contributed by atoms with van der Waals surface area (Å²) in [5, 5.41) is 6.72. The van der Waals surface area contributed by atoms with Gasteiger partial charge in [-0.2, -0.15) is 0 Å². The Bertz CT molecular complexity index is 275. The van der Waals surface area contributed by atoms with E-state index in [1.54, 1.807) is 0 Å². The first-order valence-corrected chi connectivity index (χ1v) is 5.28. The lowest BCUT2D eigenvalue weighted by Crippen LogP contribution is -2.14. The minimum atomic E-state index is 0.850. The van der Waals surface area contributed by atoms with Crippen molar-refractivity contribution in [3.8, 4) is 0 Å². The lowest BCUT2D eigenvalue weighted by Gasteiger charge is -2.09. The van der Waals surface area contributed by atoms with Crippen LogP contribution in [0.15, 0.2) is 12.4 Å². The number of nitrogens with zero attached hydrogens (tertiary/aromatic N) is 2. The standard InChI is InChI=1S/C10H18N4/c1-14-7-6-13-10(14)12-5-3-9-2-4-11-8-9/h6-7,9,11H,2-5,8H2,1H3,(H,12,13). The number of anilines is 1. The Labute approximate surface area is 84.7 Å². The molecular weight excluding hydrogens is 176 g/mol. The fourth-order valence-electron chi connectivity index (χ4n) is 1.88. The SMILES string of the molecule is Cn1ccnc1NCCC1CCNC1. The third-order valence-electron chi connectivity index (χ3n) is 2.82. The zero-order chi connectivity index (χ0) is 9.80. The van der Waals surface area contributed by atoms with Gasteiger partial charge in [0.15, 0.2) is 0 Å². The van der Waals surface area contributed by atoms with Crippen molar-refractivity contribution in [1.29, 1.82) is 0 Å². The van der Waals surface area contributed by atoms with Crippen LogP contribution in [-0.4, -0.2) is 29.2 Å². The summed E-state index contributed by atoms with van der Waals surface area (Å²) < 4.78 is 2.01. The first-order valence-electron chi connectivity index (χ1n) is 5.28. The van der Waals surface area contributed by atoms with E-state index in [0.717, 1.165) is 18.4 Å². The second-order valence-electron chi connectivity index (χ2n) is 3.94. The van der Waals surface area contributed by atoms with E-state index in [4.69, 9.17) is 0 Å². The molecule has 1 aromatic rings. The third kappa shape index (κ3) is 2.26. The van der Waals surface area contributed by atoms with Gasteiger partial charge < -0.3 is 15.2 Å². The molecule has 1 atom stereocenters. The van der Waals surface area contributed by atoms with Crippen LogP contribution >= 0.6 is 0 Å². The van der Waals surface area contributed by atoms with E-state index in [0.29, 0.717) is 0 Å². The van der Waals surface area contributed by atoms with Gasteiger partial charge >= 0.3 is 0 Å². The van der Waals surface area contributed by atoms with Gasteiger partial charge in [0.1, 0.15) is 0 Å². The summed E-state index contributed by atoms with van der Waals surface area (Å²) in [5.41, 5.74) is 0. The number of nitrogens with one attached hydrogen (secondary N) is 2. The van der Waals surface area contributed by atoms with Crippen molar-refractivity contribution < 1.29 is 0 Å². The van der Waals surface area contributed by atoms with E-state index in [-0.39, 0.29) is 0 Å². The molecule has 4 nitrogen and oxygen atoms in total. The largest absolute Gasteiger partial charge is 0.356 e. The van der Waals surface area contributed by atoms with Crippen molar-refractivity contribution in [2.45, 2.75) is 12.8 Å². The molecule has 1 unspecified atom stereocenters. The molecule has 0 saturated carbocycles. The fourth-order valence-corrected chi connectivity index (χ4v) is 1.88. The highest BCUT2D eigenvalue weighted by atomic mass is 15.2. The monoisotopic (exact) mass is 194 g/mol. The molecular formula is C10H18N4. The van der Waals surface area contributed by atoms with Crippen LogP contribution in [0.5, 0.6) is 0 Å². The van der Waals surface area contributed by atoms with Gasteiger partial charge in [-0.3, -0.25) is 0 Å². The smallest absolute Gasteiger partial charge is 0.202 e. The second kappa shape index (κ2) is 4.46. The van der Waals surface area contributed by atoms with Crippen molar-refractivity contribution in [3.63, 3.8) is 0 Å². The Morgan fingerprint density at radius 3 is 3.29 bits per heavy atom. The Morgan fingerprint density at radius 1 is 1.71 bits per heavy atom. The summed E-state index contributed by atoms with van der Waals surface area (Å²) >= 11 is 0. The van der Waals surface area contributed by atoms with Crippen molar-refractivity contribution >= 4 is 5.95 Å². The van der Waals surface area contributed by atoms with E-state index in [2.05, 4.69) is 15.6 Å². The second-order valence-corrected chi connectivity index (χ2v) is 3.94. The van der Waals surface area contributed by atoms with Crippen LogP contribution in [0.4, 0.5) is 5.95 Å². The van der Waals surface area contributed by atoms with Gasteiger partial charge in [0, 0.05) is 26.0 Å². The number of rotatable bonds is 4. The quantitative estimate of drug-likeness (QED) is 0.746. The Balaban J connectivity index is 1.70. The van der Waals surface area contributed by atoms with Crippen LogP contribution in [0.1, 0.15) is 12.8 Å². The number of aryl methyl sites for hydroxylation is 1. The van der Waals surface area contributed by atoms with Gasteiger partial charge in [-0.15, -0.1) is 0 Å². The molecule has 0 spiro atoms. The molecule has 1 aromatic heterocycles. The molecule has 1 aliphatic rings. The molecule has 78 valence electrons. The topological polar surface area (TPSA) is 41.9 Å². The molecule has 0 aliphatic carbocycles. The zero-order valence-corrected chi connectivity index (χ0v) is 8.66. The van der Waals surface area contributed by atoms with E-state index < -0.39 is 0 Å². The molecule has 0 radical (unpaired) electrons. The first-order chi connectivity index (χ1) is 6.86. The van der Waals surface area contributed by atoms with E-state index >= 15 is 0 Å². The molecule has 1 aliphatic heterocycles. The molecule has 14 heavy (non-hydrogen) atoms. The fraction of sp³-hybridized carbons (Fsp3) is 0.700. The summed E-state index contributed by atoms with van der Waals surface area (Å²) in [7, 11) is 2.01. The maximum Gasteiger partial charge on any atom is 0.202 e. The minimum Gasteiger partial charge on any atom is -0.356 e. The van der Waals surface area contributed by atoms with Gasteiger partial charge in [0.05, 0.1) is 0 Å². The molecule has 1 fully saturated rings. The highest BCUT2D eigenvalue weighted by Gasteiger charge is 2.13. The lowest BCUT2D eigenvalue weighted by molar-refractivity contribution is 0.548. The average molecular weight is 194 g/mol. The maximum atomic E-state index is 4.22. The normalized spacial score (nSPS) is 21.4. The maximum absolute atomic E-state index is 4.22. The Morgan fingerprint density at radius 2 is 2.64 bits per heavy atom. The van der Waals surface area contributed by atoms with Gasteiger partial charge in [0.2, 0.25) is 5.95 Å². The van der Waals surface area contributed by atoms with E-state index in [1.807, 2.05) is 24.0 Å². The average Bonchev–Trinajstić information content (AvgIpc) is 2.78. The van der Waals surface area contributed by atoms with Gasteiger partial charge in [-0.1, -0.05) is 0 Å². The first kappa shape index (κ1) is 9.52. The number of hydrogen-bond donors (Lipinski definition) is 2. The Kier molecular flexibility index (Phi) is 3.03. The van der Waals surface area contributed by atoms with Crippen LogP contribution in [0, 0.1) is 5.92 Å². The molecule has 0 bridgehead atoms. The minimum absolute atomic E-state index is 0.850. The van der Waals surface area contributed by atoms with E-state index in [9.17, 15) is 0 Å². The van der Waals surface area contributed by atoms with Crippen molar-refractivity contribution in [1.82, 2.24) is 14.9 Å². The van der Waals surface area contributed by atoms with Gasteiger partial charge in [0.25, 0.3) is 0 Å².